The Kier molecular flexibility index (Phi) is 6.15. The molecule has 0 spiro atoms. The van der Waals surface area contributed by atoms with E-state index in [1.54, 1.807) is 45.0 Å². The standard InChI is InChI=1S/C13H19NO3.ClH/c1-13(2,3)17-12(16)11(14)8-9-4-6-10(15)7-5-9;/h4-7,11,15H,8,14H2,1-3H3;1H/t11-;/m0./s1. The van der Waals surface area contributed by atoms with Crippen LogP contribution in [0.25, 0.3) is 0 Å². The zero-order valence-electron chi connectivity index (χ0n) is 10.8. The Labute approximate surface area is 114 Å². The summed E-state index contributed by atoms with van der Waals surface area (Å²) in [7, 11) is 0. The zero-order valence-corrected chi connectivity index (χ0v) is 11.7. The van der Waals surface area contributed by atoms with Gasteiger partial charge in [0.25, 0.3) is 0 Å². The molecule has 4 nitrogen and oxygen atoms in total. The molecule has 0 fully saturated rings. The zero-order chi connectivity index (χ0) is 13.1. The fourth-order valence-electron chi connectivity index (χ4n) is 1.35. The average molecular weight is 274 g/mol. The van der Waals surface area contributed by atoms with Crippen molar-refractivity contribution in [2.45, 2.75) is 38.8 Å². The van der Waals surface area contributed by atoms with E-state index in [-0.39, 0.29) is 18.2 Å². The first-order valence-electron chi connectivity index (χ1n) is 5.54. The van der Waals surface area contributed by atoms with Crippen LogP contribution in [0, 0.1) is 0 Å². The quantitative estimate of drug-likeness (QED) is 0.827. The Morgan fingerprint density at radius 3 is 2.28 bits per heavy atom. The van der Waals surface area contributed by atoms with E-state index < -0.39 is 17.6 Å². The molecule has 1 rings (SSSR count). The molecule has 0 heterocycles. The molecule has 0 aromatic heterocycles. The summed E-state index contributed by atoms with van der Waals surface area (Å²) in [6.45, 7) is 5.41. The van der Waals surface area contributed by atoms with Gasteiger partial charge >= 0.3 is 5.97 Å². The van der Waals surface area contributed by atoms with Crippen LogP contribution in [0.3, 0.4) is 0 Å². The molecule has 0 saturated carbocycles. The van der Waals surface area contributed by atoms with Gasteiger partial charge in [-0.1, -0.05) is 12.1 Å². The van der Waals surface area contributed by atoms with E-state index in [1.807, 2.05) is 0 Å². The molecule has 0 radical (unpaired) electrons. The monoisotopic (exact) mass is 273 g/mol. The third-order valence-electron chi connectivity index (χ3n) is 2.10. The summed E-state index contributed by atoms with van der Waals surface area (Å²) in [4.78, 5) is 11.6. The van der Waals surface area contributed by atoms with Crippen LogP contribution in [0.15, 0.2) is 24.3 Å². The van der Waals surface area contributed by atoms with Crippen LogP contribution in [0.5, 0.6) is 5.75 Å². The van der Waals surface area contributed by atoms with Gasteiger partial charge in [-0.3, -0.25) is 4.79 Å². The van der Waals surface area contributed by atoms with E-state index in [1.165, 1.54) is 0 Å². The molecule has 3 N–H and O–H groups in total. The van der Waals surface area contributed by atoms with Gasteiger partial charge in [-0.05, 0) is 44.9 Å². The Bertz CT molecular complexity index is 384. The largest absolute Gasteiger partial charge is 0.508 e. The lowest BCUT2D eigenvalue weighted by atomic mass is 10.1. The van der Waals surface area contributed by atoms with E-state index in [9.17, 15) is 4.79 Å². The van der Waals surface area contributed by atoms with E-state index in [2.05, 4.69) is 0 Å². The van der Waals surface area contributed by atoms with Crippen molar-refractivity contribution in [3.63, 3.8) is 0 Å². The second kappa shape index (κ2) is 6.61. The Morgan fingerprint density at radius 1 is 1.33 bits per heavy atom. The van der Waals surface area contributed by atoms with Gasteiger partial charge in [-0.25, -0.2) is 0 Å². The number of carbonyl (C=O) groups is 1. The van der Waals surface area contributed by atoms with Gasteiger partial charge in [-0.15, -0.1) is 12.4 Å². The molecular formula is C13H20ClNO3. The molecule has 0 aliphatic carbocycles. The van der Waals surface area contributed by atoms with E-state index in [0.717, 1.165) is 5.56 Å². The Balaban J connectivity index is 0.00000289. The minimum atomic E-state index is -0.682. The number of halogens is 1. The maximum absolute atomic E-state index is 11.6. The molecule has 0 unspecified atom stereocenters. The fourth-order valence-corrected chi connectivity index (χ4v) is 1.35. The molecule has 1 aromatic carbocycles. The number of hydrogen-bond acceptors (Lipinski definition) is 4. The number of ether oxygens (including phenoxy) is 1. The van der Waals surface area contributed by atoms with Crippen molar-refractivity contribution in [3.05, 3.63) is 29.8 Å². The number of phenolic OH excluding ortho intramolecular Hbond substituents is 1. The molecule has 18 heavy (non-hydrogen) atoms. The highest BCUT2D eigenvalue weighted by molar-refractivity contribution is 5.85. The summed E-state index contributed by atoms with van der Waals surface area (Å²) in [5.41, 5.74) is 6.12. The molecule has 0 aliphatic heterocycles. The predicted molar refractivity (Wildman–Crippen MR) is 72.9 cm³/mol. The van der Waals surface area contributed by atoms with Gasteiger partial charge in [-0.2, -0.15) is 0 Å². The smallest absolute Gasteiger partial charge is 0.323 e. The Morgan fingerprint density at radius 2 is 1.83 bits per heavy atom. The van der Waals surface area contributed by atoms with Crippen molar-refractivity contribution in [1.82, 2.24) is 0 Å². The van der Waals surface area contributed by atoms with Crippen LogP contribution in [0.2, 0.25) is 0 Å². The summed E-state index contributed by atoms with van der Waals surface area (Å²) >= 11 is 0. The molecule has 1 aromatic rings. The third-order valence-corrected chi connectivity index (χ3v) is 2.10. The van der Waals surface area contributed by atoms with Gasteiger partial charge in [0.05, 0.1) is 0 Å². The third kappa shape index (κ3) is 5.89. The van der Waals surface area contributed by atoms with Gasteiger partial charge in [0.1, 0.15) is 17.4 Å². The van der Waals surface area contributed by atoms with Crippen LogP contribution in [-0.2, 0) is 16.0 Å². The van der Waals surface area contributed by atoms with Crippen molar-refractivity contribution in [3.8, 4) is 5.75 Å². The number of esters is 1. The first-order valence-corrected chi connectivity index (χ1v) is 5.54. The highest BCUT2D eigenvalue weighted by Crippen LogP contribution is 2.13. The van der Waals surface area contributed by atoms with Crippen LogP contribution in [0.4, 0.5) is 0 Å². The van der Waals surface area contributed by atoms with Gasteiger partial charge in [0, 0.05) is 0 Å². The fraction of sp³-hybridized carbons (Fsp3) is 0.462. The van der Waals surface area contributed by atoms with Crippen molar-refractivity contribution in [1.29, 1.82) is 0 Å². The molecule has 1 atom stereocenters. The topological polar surface area (TPSA) is 72.5 Å². The molecule has 0 aliphatic rings. The number of hydrogen-bond donors (Lipinski definition) is 2. The summed E-state index contributed by atoms with van der Waals surface area (Å²) in [5.74, 6) is -0.217. The van der Waals surface area contributed by atoms with Crippen molar-refractivity contribution in [2.24, 2.45) is 5.73 Å². The second-order valence-electron chi connectivity index (χ2n) is 5.01. The Hall–Kier alpha value is -1.26. The van der Waals surface area contributed by atoms with E-state index in [0.29, 0.717) is 6.42 Å². The van der Waals surface area contributed by atoms with Crippen LogP contribution in [0.1, 0.15) is 26.3 Å². The molecule has 0 amide bonds. The number of benzene rings is 1. The molecule has 102 valence electrons. The first-order chi connectivity index (χ1) is 7.78. The maximum Gasteiger partial charge on any atom is 0.323 e. The van der Waals surface area contributed by atoms with E-state index in [4.69, 9.17) is 15.6 Å². The first kappa shape index (κ1) is 16.7. The molecular weight excluding hydrogens is 254 g/mol. The SMILES string of the molecule is CC(C)(C)OC(=O)[C@@H](N)Cc1ccc(O)cc1.Cl. The normalized spacial score (nSPS) is 12.4. The number of rotatable bonds is 3. The number of phenols is 1. The number of aromatic hydroxyl groups is 1. The van der Waals surface area contributed by atoms with E-state index >= 15 is 0 Å². The van der Waals surface area contributed by atoms with Crippen molar-refractivity contribution >= 4 is 18.4 Å². The summed E-state index contributed by atoms with van der Waals surface area (Å²) in [6, 6.07) is 5.92. The van der Waals surface area contributed by atoms with Crippen LogP contribution < -0.4 is 5.73 Å². The average Bonchev–Trinajstić information content (AvgIpc) is 2.19. The van der Waals surface area contributed by atoms with Crippen LogP contribution in [-0.4, -0.2) is 22.7 Å². The second-order valence-corrected chi connectivity index (χ2v) is 5.01. The maximum atomic E-state index is 11.6. The highest BCUT2D eigenvalue weighted by atomic mass is 35.5. The van der Waals surface area contributed by atoms with Gasteiger partial charge in [0.15, 0.2) is 0 Å². The number of nitrogens with two attached hydrogens (primary N) is 1. The lowest BCUT2D eigenvalue weighted by Gasteiger charge is -2.22. The minimum absolute atomic E-state index is 0. The number of carbonyl (C=O) groups excluding carboxylic acids is 1. The highest BCUT2D eigenvalue weighted by Gasteiger charge is 2.22. The summed E-state index contributed by atoms with van der Waals surface area (Å²) < 4.78 is 5.18. The molecule has 0 bridgehead atoms. The molecule has 5 heteroatoms. The van der Waals surface area contributed by atoms with Crippen molar-refractivity contribution < 1.29 is 14.6 Å². The van der Waals surface area contributed by atoms with Crippen molar-refractivity contribution in [2.75, 3.05) is 0 Å². The summed E-state index contributed by atoms with van der Waals surface area (Å²) in [6.07, 6.45) is 0.398. The summed E-state index contributed by atoms with van der Waals surface area (Å²) in [5, 5.41) is 9.13. The minimum Gasteiger partial charge on any atom is -0.508 e. The van der Waals surface area contributed by atoms with Gasteiger partial charge < -0.3 is 15.6 Å². The molecule has 0 saturated heterocycles. The van der Waals surface area contributed by atoms with Gasteiger partial charge in [0.2, 0.25) is 0 Å². The predicted octanol–water partition coefficient (Wildman–Crippen LogP) is 2.03. The lowest BCUT2D eigenvalue weighted by molar-refractivity contribution is -0.156. The lowest BCUT2D eigenvalue weighted by Crippen LogP contribution is -2.38. The van der Waals surface area contributed by atoms with Crippen LogP contribution >= 0.6 is 12.4 Å².